The van der Waals surface area contributed by atoms with Crippen molar-refractivity contribution in [2.45, 2.75) is 43.8 Å². The van der Waals surface area contributed by atoms with Crippen molar-refractivity contribution in [3.8, 4) is 0 Å². The molecule has 1 aromatic carbocycles. The van der Waals surface area contributed by atoms with Crippen molar-refractivity contribution in [3.63, 3.8) is 0 Å². The molecule has 104 valence electrons. The number of carbonyl (C=O) groups is 1. The van der Waals surface area contributed by atoms with Crippen LogP contribution < -0.4 is 0 Å². The summed E-state index contributed by atoms with van der Waals surface area (Å²) in [6, 6.07) is 8.79. The maximum absolute atomic E-state index is 11.2. The molecule has 3 heteroatoms. The van der Waals surface area contributed by atoms with E-state index in [4.69, 9.17) is 4.74 Å². The first-order valence-electron chi connectivity index (χ1n) is 6.97. The monoisotopic (exact) mass is 278 g/mol. The number of rotatable bonds is 5. The molecule has 0 N–H and O–H groups in total. The van der Waals surface area contributed by atoms with E-state index >= 15 is 0 Å². The smallest absolute Gasteiger partial charge is 0.306 e. The molecule has 2 unspecified atom stereocenters. The molecule has 1 aliphatic rings. The van der Waals surface area contributed by atoms with Crippen molar-refractivity contribution in [2.75, 3.05) is 12.9 Å². The van der Waals surface area contributed by atoms with Gasteiger partial charge in [0.15, 0.2) is 0 Å². The van der Waals surface area contributed by atoms with Crippen molar-refractivity contribution in [2.24, 2.45) is 0 Å². The summed E-state index contributed by atoms with van der Waals surface area (Å²) in [7, 11) is 1.46. The van der Waals surface area contributed by atoms with Gasteiger partial charge in [-0.15, -0.1) is 0 Å². The minimum absolute atomic E-state index is 0.107. The second kappa shape index (κ2) is 6.99. The lowest BCUT2D eigenvalue weighted by molar-refractivity contribution is -0.140. The summed E-state index contributed by atoms with van der Waals surface area (Å²) in [5.41, 5.74) is 3.03. The number of carbonyl (C=O) groups excluding carboxylic acids is 1. The number of thioether (sulfide) groups is 1. The molecule has 0 amide bonds. The molecule has 0 bridgehead atoms. The van der Waals surface area contributed by atoms with Crippen molar-refractivity contribution in [3.05, 3.63) is 35.4 Å². The van der Waals surface area contributed by atoms with Gasteiger partial charge in [0, 0.05) is 11.0 Å². The van der Waals surface area contributed by atoms with Gasteiger partial charge in [-0.2, -0.15) is 11.8 Å². The number of ether oxygens (including phenoxy) is 1. The Bertz CT molecular complexity index is 431. The standard InChI is InChI=1S/C16H22O2S/c1-12(10-16(17)18-2)19-11-14-8-5-7-13-6-3-4-9-15(13)14/h3-4,6,9,12,14H,5,7-8,10-11H2,1-2H3. The van der Waals surface area contributed by atoms with Gasteiger partial charge in [-0.25, -0.2) is 0 Å². The molecule has 2 atom stereocenters. The Balaban J connectivity index is 1.89. The van der Waals surface area contributed by atoms with Crippen LogP contribution in [0, 0.1) is 0 Å². The molecule has 0 saturated carbocycles. The maximum atomic E-state index is 11.2. The zero-order chi connectivity index (χ0) is 13.7. The molecule has 2 rings (SSSR count). The molecule has 1 aromatic rings. The van der Waals surface area contributed by atoms with Gasteiger partial charge in [0.2, 0.25) is 0 Å². The fraction of sp³-hybridized carbons (Fsp3) is 0.562. The summed E-state index contributed by atoms with van der Waals surface area (Å²) in [4.78, 5) is 11.2. The van der Waals surface area contributed by atoms with Crippen molar-refractivity contribution in [1.29, 1.82) is 0 Å². The number of hydrogen-bond donors (Lipinski definition) is 0. The van der Waals surface area contributed by atoms with Gasteiger partial charge in [-0.05, 0) is 36.3 Å². The van der Waals surface area contributed by atoms with E-state index in [-0.39, 0.29) is 5.97 Å². The van der Waals surface area contributed by atoms with Crippen molar-refractivity contribution >= 4 is 17.7 Å². The van der Waals surface area contributed by atoms with E-state index in [9.17, 15) is 4.79 Å². The van der Waals surface area contributed by atoms with E-state index < -0.39 is 0 Å². The number of aryl methyl sites for hydroxylation is 1. The number of fused-ring (bicyclic) bond motifs is 1. The van der Waals surface area contributed by atoms with Crippen LogP contribution in [-0.2, 0) is 16.0 Å². The van der Waals surface area contributed by atoms with Gasteiger partial charge in [0.05, 0.1) is 13.5 Å². The van der Waals surface area contributed by atoms with Gasteiger partial charge >= 0.3 is 5.97 Å². The lowest BCUT2D eigenvalue weighted by Crippen LogP contribution is -2.14. The van der Waals surface area contributed by atoms with E-state index in [0.29, 0.717) is 17.6 Å². The Morgan fingerprint density at radius 1 is 1.47 bits per heavy atom. The zero-order valence-corrected chi connectivity index (χ0v) is 12.5. The summed E-state index contributed by atoms with van der Waals surface area (Å²) >= 11 is 1.89. The third-order valence-electron chi connectivity index (χ3n) is 3.76. The summed E-state index contributed by atoms with van der Waals surface area (Å²) < 4.78 is 4.72. The number of esters is 1. The minimum Gasteiger partial charge on any atom is -0.469 e. The summed E-state index contributed by atoms with van der Waals surface area (Å²) in [5, 5.41) is 0.335. The molecular weight excluding hydrogens is 256 g/mol. The highest BCUT2D eigenvalue weighted by molar-refractivity contribution is 7.99. The van der Waals surface area contributed by atoms with Crippen LogP contribution in [0.3, 0.4) is 0 Å². The van der Waals surface area contributed by atoms with E-state index in [1.54, 1.807) is 0 Å². The summed E-state index contributed by atoms with van der Waals surface area (Å²) in [6.07, 6.45) is 4.28. The Morgan fingerprint density at radius 2 is 2.26 bits per heavy atom. The lowest BCUT2D eigenvalue weighted by atomic mass is 9.84. The fourth-order valence-corrected chi connectivity index (χ4v) is 3.85. The normalized spacial score (nSPS) is 19.6. The topological polar surface area (TPSA) is 26.3 Å². The Kier molecular flexibility index (Phi) is 5.32. The predicted molar refractivity (Wildman–Crippen MR) is 80.7 cm³/mol. The first-order chi connectivity index (χ1) is 9.20. The van der Waals surface area contributed by atoms with Crippen LogP contribution in [0.2, 0.25) is 0 Å². The average Bonchev–Trinajstić information content (AvgIpc) is 2.44. The van der Waals surface area contributed by atoms with Crippen LogP contribution >= 0.6 is 11.8 Å². The highest BCUT2D eigenvalue weighted by Crippen LogP contribution is 2.35. The SMILES string of the molecule is COC(=O)CC(C)SCC1CCCc2ccccc21. The number of hydrogen-bond acceptors (Lipinski definition) is 3. The third kappa shape index (κ3) is 4.00. The lowest BCUT2D eigenvalue weighted by Gasteiger charge is -2.26. The minimum atomic E-state index is -0.107. The van der Waals surface area contributed by atoms with Crippen LogP contribution in [0.1, 0.15) is 43.2 Å². The van der Waals surface area contributed by atoms with Gasteiger partial charge in [-0.1, -0.05) is 31.2 Å². The first-order valence-corrected chi connectivity index (χ1v) is 8.01. The molecule has 0 aromatic heterocycles. The molecule has 0 aliphatic heterocycles. The number of methoxy groups -OCH3 is 1. The zero-order valence-electron chi connectivity index (χ0n) is 11.7. The molecule has 1 aliphatic carbocycles. The summed E-state index contributed by atoms with van der Waals surface area (Å²) in [5.74, 6) is 1.65. The van der Waals surface area contributed by atoms with Crippen LogP contribution in [0.15, 0.2) is 24.3 Å². The first kappa shape index (κ1) is 14.4. The van der Waals surface area contributed by atoms with Crippen LogP contribution in [0.25, 0.3) is 0 Å². The van der Waals surface area contributed by atoms with Gasteiger partial charge < -0.3 is 4.74 Å². The Hall–Kier alpha value is -0.960. The summed E-state index contributed by atoms with van der Waals surface area (Å²) in [6.45, 7) is 2.11. The molecule has 19 heavy (non-hydrogen) atoms. The van der Waals surface area contributed by atoms with E-state index in [2.05, 4.69) is 31.2 Å². The average molecular weight is 278 g/mol. The van der Waals surface area contributed by atoms with E-state index in [0.717, 1.165) is 5.75 Å². The maximum Gasteiger partial charge on any atom is 0.306 e. The molecule has 0 radical (unpaired) electrons. The Morgan fingerprint density at radius 3 is 3.05 bits per heavy atom. The van der Waals surface area contributed by atoms with E-state index in [1.165, 1.54) is 37.5 Å². The van der Waals surface area contributed by atoms with Gasteiger partial charge in [0.25, 0.3) is 0 Å². The number of benzene rings is 1. The van der Waals surface area contributed by atoms with Crippen molar-refractivity contribution < 1.29 is 9.53 Å². The molecule has 0 heterocycles. The molecule has 0 spiro atoms. The molecule has 0 fully saturated rings. The van der Waals surface area contributed by atoms with Crippen LogP contribution in [-0.4, -0.2) is 24.1 Å². The fourth-order valence-electron chi connectivity index (χ4n) is 2.69. The third-order valence-corrected chi connectivity index (χ3v) is 5.09. The van der Waals surface area contributed by atoms with Crippen LogP contribution in [0.5, 0.6) is 0 Å². The quantitative estimate of drug-likeness (QED) is 0.767. The molecule has 0 saturated heterocycles. The van der Waals surface area contributed by atoms with Crippen LogP contribution in [0.4, 0.5) is 0 Å². The largest absolute Gasteiger partial charge is 0.469 e. The van der Waals surface area contributed by atoms with Gasteiger partial charge in [0.1, 0.15) is 0 Å². The molecular formula is C16H22O2S. The van der Waals surface area contributed by atoms with E-state index in [1.807, 2.05) is 11.8 Å². The second-order valence-corrected chi connectivity index (χ2v) is 6.68. The highest BCUT2D eigenvalue weighted by atomic mass is 32.2. The second-order valence-electron chi connectivity index (χ2n) is 5.21. The highest BCUT2D eigenvalue weighted by Gasteiger charge is 2.21. The van der Waals surface area contributed by atoms with Gasteiger partial charge in [-0.3, -0.25) is 4.79 Å². The predicted octanol–water partition coefficient (Wildman–Crippen LogP) is 3.79. The van der Waals surface area contributed by atoms with Crippen molar-refractivity contribution in [1.82, 2.24) is 0 Å². The Labute approximate surface area is 119 Å². The molecule has 2 nitrogen and oxygen atoms in total.